The standard InChI is InChI=1S/C12H22N4O3S/c1-9-11(12(13)14-15(9)2)20(18,19)16-7-3-5-10(16)6-4-8-17/h10,17H,3-8H2,1-2H3,(H2,13,14). The summed E-state index contributed by atoms with van der Waals surface area (Å²) in [6, 6.07) is -0.0499. The largest absolute Gasteiger partial charge is 0.396 e. The first-order valence-corrected chi connectivity index (χ1v) is 8.25. The molecule has 0 aromatic carbocycles. The highest BCUT2D eigenvalue weighted by molar-refractivity contribution is 7.89. The fraction of sp³-hybridized carbons (Fsp3) is 0.750. The Kier molecular flexibility index (Phi) is 4.36. The van der Waals surface area contributed by atoms with E-state index < -0.39 is 10.0 Å². The second-order valence-electron chi connectivity index (χ2n) is 5.20. The number of anilines is 1. The maximum Gasteiger partial charge on any atom is 0.248 e. The van der Waals surface area contributed by atoms with Crippen LogP contribution in [0.4, 0.5) is 5.82 Å². The molecule has 1 saturated heterocycles. The molecule has 1 aromatic rings. The SMILES string of the molecule is Cc1c(S(=O)(=O)N2CCCC2CCCO)c(N)nn1C. The highest BCUT2D eigenvalue weighted by Gasteiger charge is 2.38. The number of hydrogen-bond acceptors (Lipinski definition) is 5. The van der Waals surface area contributed by atoms with Crippen LogP contribution in [0.2, 0.25) is 0 Å². The fourth-order valence-electron chi connectivity index (χ4n) is 2.79. The number of aliphatic hydroxyl groups is 1. The van der Waals surface area contributed by atoms with Crippen molar-refractivity contribution in [1.82, 2.24) is 14.1 Å². The van der Waals surface area contributed by atoms with E-state index in [4.69, 9.17) is 10.8 Å². The van der Waals surface area contributed by atoms with Crippen molar-refractivity contribution in [1.29, 1.82) is 0 Å². The summed E-state index contributed by atoms with van der Waals surface area (Å²) in [5.41, 5.74) is 6.31. The molecule has 2 rings (SSSR count). The molecule has 7 nitrogen and oxygen atoms in total. The number of aliphatic hydroxyl groups excluding tert-OH is 1. The molecule has 0 saturated carbocycles. The highest BCUT2D eigenvalue weighted by Crippen LogP contribution is 2.32. The molecule has 1 fully saturated rings. The first-order chi connectivity index (χ1) is 9.39. The molecule has 1 atom stereocenters. The summed E-state index contributed by atoms with van der Waals surface area (Å²) in [5.74, 6) is 0.0535. The average molecular weight is 302 g/mol. The lowest BCUT2D eigenvalue weighted by Crippen LogP contribution is -2.36. The summed E-state index contributed by atoms with van der Waals surface area (Å²) in [5, 5.41) is 12.9. The Labute approximate surface area is 119 Å². The van der Waals surface area contributed by atoms with Crippen molar-refractivity contribution >= 4 is 15.8 Å². The lowest BCUT2D eigenvalue weighted by atomic mass is 10.1. The van der Waals surface area contributed by atoms with E-state index in [9.17, 15) is 8.42 Å². The Morgan fingerprint density at radius 1 is 1.50 bits per heavy atom. The van der Waals surface area contributed by atoms with Gasteiger partial charge in [0.15, 0.2) is 5.82 Å². The number of hydrogen-bond donors (Lipinski definition) is 2. The summed E-state index contributed by atoms with van der Waals surface area (Å²) >= 11 is 0. The van der Waals surface area contributed by atoms with Gasteiger partial charge in [0, 0.05) is 26.2 Å². The minimum atomic E-state index is -3.62. The molecule has 2 heterocycles. The zero-order valence-electron chi connectivity index (χ0n) is 11.9. The van der Waals surface area contributed by atoms with E-state index in [2.05, 4.69) is 5.10 Å². The number of aromatic nitrogens is 2. The van der Waals surface area contributed by atoms with Crippen molar-refractivity contribution in [3.05, 3.63) is 5.69 Å². The molecule has 0 aliphatic carbocycles. The van der Waals surface area contributed by atoms with Gasteiger partial charge in [0.25, 0.3) is 0 Å². The third-order valence-corrected chi connectivity index (χ3v) is 6.01. The molecule has 1 unspecified atom stereocenters. The van der Waals surface area contributed by atoms with Gasteiger partial charge in [0.05, 0.1) is 5.69 Å². The molecule has 3 N–H and O–H groups in total. The van der Waals surface area contributed by atoms with Gasteiger partial charge in [-0.3, -0.25) is 4.68 Å². The van der Waals surface area contributed by atoms with Gasteiger partial charge in [-0.1, -0.05) is 0 Å². The first-order valence-electron chi connectivity index (χ1n) is 6.81. The first kappa shape index (κ1) is 15.3. The van der Waals surface area contributed by atoms with Gasteiger partial charge in [-0.15, -0.1) is 0 Å². The molecule has 0 amide bonds. The third-order valence-electron chi connectivity index (χ3n) is 3.89. The predicted molar refractivity (Wildman–Crippen MR) is 75.6 cm³/mol. The van der Waals surface area contributed by atoms with E-state index in [0.29, 0.717) is 25.1 Å². The van der Waals surface area contributed by atoms with Crippen LogP contribution < -0.4 is 5.73 Å². The van der Waals surface area contributed by atoms with E-state index in [1.165, 1.54) is 8.99 Å². The molecule has 20 heavy (non-hydrogen) atoms. The maximum atomic E-state index is 12.8. The molecule has 114 valence electrons. The van der Waals surface area contributed by atoms with Gasteiger partial charge in [0.2, 0.25) is 10.0 Å². The minimum absolute atomic E-state index is 0.0499. The summed E-state index contributed by atoms with van der Waals surface area (Å²) in [4.78, 5) is 0.121. The van der Waals surface area contributed by atoms with Crippen LogP contribution in [0.5, 0.6) is 0 Å². The van der Waals surface area contributed by atoms with Gasteiger partial charge in [-0.25, -0.2) is 8.42 Å². The number of nitrogens with zero attached hydrogens (tertiary/aromatic N) is 3. The van der Waals surface area contributed by atoms with Crippen LogP contribution in [-0.2, 0) is 17.1 Å². The van der Waals surface area contributed by atoms with Gasteiger partial charge < -0.3 is 10.8 Å². The van der Waals surface area contributed by atoms with Crippen LogP contribution in [0.3, 0.4) is 0 Å². The quantitative estimate of drug-likeness (QED) is 0.811. The molecule has 0 bridgehead atoms. The van der Waals surface area contributed by atoms with Crippen LogP contribution in [0.15, 0.2) is 4.90 Å². The molecule has 0 radical (unpaired) electrons. The molecule has 1 aromatic heterocycles. The molecule has 1 aliphatic rings. The summed E-state index contributed by atoms with van der Waals surface area (Å²) in [7, 11) is -1.94. The van der Waals surface area contributed by atoms with E-state index >= 15 is 0 Å². The van der Waals surface area contributed by atoms with Gasteiger partial charge in [0.1, 0.15) is 4.90 Å². The van der Waals surface area contributed by atoms with Crippen LogP contribution in [0.25, 0.3) is 0 Å². The van der Waals surface area contributed by atoms with Crippen molar-refractivity contribution in [2.75, 3.05) is 18.9 Å². The normalized spacial score (nSPS) is 20.6. The Bertz CT molecular complexity index is 582. The van der Waals surface area contributed by atoms with E-state index in [1.807, 2.05) is 0 Å². The van der Waals surface area contributed by atoms with E-state index in [0.717, 1.165) is 12.8 Å². The van der Waals surface area contributed by atoms with Crippen LogP contribution >= 0.6 is 0 Å². The maximum absolute atomic E-state index is 12.8. The predicted octanol–water partition coefficient (Wildman–Crippen LogP) is 0.236. The van der Waals surface area contributed by atoms with Crippen molar-refractivity contribution in [3.63, 3.8) is 0 Å². The number of aryl methyl sites for hydroxylation is 1. The Balaban J connectivity index is 2.34. The Morgan fingerprint density at radius 2 is 2.20 bits per heavy atom. The second-order valence-corrected chi connectivity index (χ2v) is 7.03. The highest BCUT2D eigenvalue weighted by atomic mass is 32.2. The number of nitrogens with two attached hydrogens (primary N) is 1. The smallest absolute Gasteiger partial charge is 0.248 e. The molecular formula is C12H22N4O3S. The average Bonchev–Trinajstić information content (AvgIpc) is 2.93. The number of sulfonamides is 1. The summed E-state index contributed by atoms with van der Waals surface area (Å²) in [6.07, 6.45) is 2.96. The number of rotatable bonds is 5. The van der Waals surface area contributed by atoms with Gasteiger partial charge in [-0.2, -0.15) is 9.40 Å². The topological polar surface area (TPSA) is 101 Å². The molecular weight excluding hydrogens is 280 g/mol. The Morgan fingerprint density at radius 3 is 2.75 bits per heavy atom. The molecule has 8 heteroatoms. The van der Waals surface area contributed by atoms with Gasteiger partial charge in [-0.05, 0) is 32.6 Å². The van der Waals surface area contributed by atoms with E-state index in [-0.39, 0.29) is 23.4 Å². The second kappa shape index (κ2) is 5.71. The third kappa shape index (κ3) is 2.55. The fourth-order valence-corrected chi connectivity index (χ4v) is 4.81. The van der Waals surface area contributed by atoms with Crippen LogP contribution in [-0.4, -0.2) is 46.8 Å². The molecule has 0 spiro atoms. The zero-order valence-corrected chi connectivity index (χ0v) is 12.7. The van der Waals surface area contributed by atoms with Crippen LogP contribution in [0.1, 0.15) is 31.4 Å². The van der Waals surface area contributed by atoms with Crippen molar-refractivity contribution < 1.29 is 13.5 Å². The Hall–Kier alpha value is -1.12. The summed E-state index contributed by atoms with van der Waals surface area (Å²) in [6.45, 7) is 2.29. The van der Waals surface area contributed by atoms with Crippen molar-refractivity contribution in [2.24, 2.45) is 7.05 Å². The van der Waals surface area contributed by atoms with Crippen LogP contribution in [0, 0.1) is 6.92 Å². The minimum Gasteiger partial charge on any atom is -0.396 e. The number of nitrogen functional groups attached to an aromatic ring is 1. The van der Waals surface area contributed by atoms with Crippen molar-refractivity contribution in [3.8, 4) is 0 Å². The van der Waals surface area contributed by atoms with Crippen molar-refractivity contribution in [2.45, 2.75) is 43.5 Å². The summed E-state index contributed by atoms with van der Waals surface area (Å²) < 4.78 is 28.6. The van der Waals surface area contributed by atoms with Gasteiger partial charge >= 0.3 is 0 Å². The lowest BCUT2D eigenvalue weighted by Gasteiger charge is -2.23. The monoisotopic (exact) mass is 302 g/mol. The van der Waals surface area contributed by atoms with E-state index in [1.54, 1.807) is 14.0 Å². The lowest BCUT2D eigenvalue weighted by molar-refractivity contribution is 0.264. The molecule has 1 aliphatic heterocycles. The zero-order chi connectivity index (χ0) is 14.9.